The van der Waals surface area contributed by atoms with Crippen molar-refractivity contribution in [3.8, 4) is 0 Å². The highest BCUT2D eigenvalue weighted by Crippen LogP contribution is 2.17. The van der Waals surface area contributed by atoms with E-state index in [1.54, 1.807) is 0 Å². The summed E-state index contributed by atoms with van der Waals surface area (Å²) in [5.41, 5.74) is 5.26. The number of amides is 1. The molecule has 0 radical (unpaired) electrons. The molecule has 0 heterocycles. The largest absolute Gasteiger partial charge is 0.347 e. The van der Waals surface area contributed by atoms with Crippen LogP contribution in [0.5, 0.6) is 0 Å². The molecule has 1 aliphatic rings. The molecule has 5 heteroatoms. The van der Waals surface area contributed by atoms with E-state index in [-0.39, 0.29) is 12.1 Å². The molecule has 2 unspecified atom stereocenters. The van der Waals surface area contributed by atoms with Crippen LogP contribution in [0.15, 0.2) is 0 Å². The zero-order chi connectivity index (χ0) is 7.72. The lowest BCUT2D eigenvalue weighted by Gasteiger charge is -2.00. The maximum Gasteiger partial charge on any atom is 0.315 e. The second kappa shape index (κ2) is 2.49. The number of alkyl halides is 2. The van der Waals surface area contributed by atoms with Gasteiger partial charge in [-0.2, -0.15) is 8.78 Å². The Labute approximate surface area is 56.6 Å². The van der Waals surface area contributed by atoms with Gasteiger partial charge in [0.1, 0.15) is 0 Å². The minimum absolute atomic E-state index is 0.123. The van der Waals surface area contributed by atoms with E-state index in [0.29, 0.717) is 6.42 Å². The van der Waals surface area contributed by atoms with Gasteiger partial charge in [0.2, 0.25) is 0 Å². The number of hydrogen-bond acceptors (Lipinski definition) is 2. The molecule has 3 N–H and O–H groups in total. The Hall–Kier alpha value is -0.710. The van der Waals surface area contributed by atoms with Crippen molar-refractivity contribution >= 4 is 5.91 Å². The van der Waals surface area contributed by atoms with Crippen molar-refractivity contribution in [3.63, 3.8) is 0 Å². The zero-order valence-corrected chi connectivity index (χ0v) is 5.18. The molecule has 0 saturated heterocycles. The number of nitrogens with one attached hydrogen (secondary N) is 1. The van der Waals surface area contributed by atoms with Gasteiger partial charge in [0.15, 0.2) is 0 Å². The summed E-state index contributed by atoms with van der Waals surface area (Å²) in [7, 11) is 0. The predicted octanol–water partition coefficient (Wildman–Crippen LogP) is -0.533. The van der Waals surface area contributed by atoms with Gasteiger partial charge < -0.3 is 11.1 Å². The lowest BCUT2D eigenvalue weighted by molar-refractivity contribution is -0.131. The number of rotatable bonds is 2. The molecule has 1 rings (SSSR count). The third kappa shape index (κ3) is 1.63. The van der Waals surface area contributed by atoms with E-state index in [0.717, 1.165) is 0 Å². The quantitative estimate of drug-likeness (QED) is 0.555. The summed E-state index contributed by atoms with van der Waals surface area (Å²) >= 11 is 0. The number of nitrogens with two attached hydrogens (primary N) is 1. The molecule has 2 atom stereocenters. The van der Waals surface area contributed by atoms with E-state index in [2.05, 4.69) is 5.32 Å². The fourth-order valence-corrected chi connectivity index (χ4v) is 0.626. The molecule has 0 bridgehead atoms. The summed E-state index contributed by atoms with van der Waals surface area (Å²) in [4.78, 5) is 10.2. The monoisotopic (exact) mass is 150 g/mol. The van der Waals surface area contributed by atoms with Gasteiger partial charge in [0.05, 0.1) is 0 Å². The van der Waals surface area contributed by atoms with Crippen molar-refractivity contribution in [2.45, 2.75) is 24.9 Å². The number of halogens is 2. The Morgan fingerprint density at radius 2 is 2.20 bits per heavy atom. The number of carbonyl (C=O) groups is 1. The SMILES string of the molecule is NC1CC1NC(=O)C(F)F. The molecule has 0 spiro atoms. The second-order valence-electron chi connectivity index (χ2n) is 2.32. The van der Waals surface area contributed by atoms with E-state index in [9.17, 15) is 13.6 Å². The van der Waals surface area contributed by atoms with E-state index >= 15 is 0 Å². The Bertz CT molecular complexity index is 151. The number of hydrogen-bond donors (Lipinski definition) is 2. The van der Waals surface area contributed by atoms with Crippen molar-refractivity contribution < 1.29 is 13.6 Å². The molecule has 1 fully saturated rings. The van der Waals surface area contributed by atoms with E-state index in [4.69, 9.17) is 5.73 Å². The van der Waals surface area contributed by atoms with Crippen LogP contribution in [0.1, 0.15) is 6.42 Å². The lowest BCUT2D eigenvalue weighted by atomic mass is 10.5. The molecule has 58 valence electrons. The third-order valence-corrected chi connectivity index (χ3v) is 1.37. The molecule has 0 aromatic carbocycles. The highest BCUT2D eigenvalue weighted by molar-refractivity contribution is 5.79. The minimum atomic E-state index is -2.92. The summed E-state index contributed by atoms with van der Waals surface area (Å²) < 4.78 is 23.0. The second-order valence-corrected chi connectivity index (χ2v) is 2.32. The first-order valence-electron chi connectivity index (χ1n) is 2.95. The first-order chi connectivity index (χ1) is 4.61. The van der Waals surface area contributed by atoms with Crippen molar-refractivity contribution in [2.24, 2.45) is 5.73 Å². The van der Waals surface area contributed by atoms with Crippen molar-refractivity contribution in [2.75, 3.05) is 0 Å². The van der Waals surface area contributed by atoms with Gasteiger partial charge in [-0.05, 0) is 6.42 Å². The fourth-order valence-electron chi connectivity index (χ4n) is 0.626. The highest BCUT2D eigenvalue weighted by atomic mass is 19.3. The predicted molar refractivity (Wildman–Crippen MR) is 30.5 cm³/mol. The van der Waals surface area contributed by atoms with Gasteiger partial charge in [-0.25, -0.2) is 0 Å². The van der Waals surface area contributed by atoms with Crippen molar-refractivity contribution in [1.82, 2.24) is 5.32 Å². The lowest BCUT2D eigenvalue weighted by Crippen LogP contribution is -2.34. The molecule has 1 aliphatic carbocycles. The molecule has 1 amide bonds. The molecule has 0 aromatic rings. The van der Waals surface area contributed by atoms with E-state index in [1.807, 2.05) is 0 Å². The summed E-state index contributed by atoms with van der Waals surface area (Å²) in [5.74, 6) is -1.22. The van der Waals surface area contributed by atoms with Crippen molar-refractivity contribution in [1.29, 1.82) is 0 Å². The molecule has 3 nitrogen and oxygen atoms in total. The summed E-state index contributed by atoms with van der Waals surface area (Å²) in [5, 5.41) is 2.09. The molecule has 0 aliphatic heterocycles. The number of carbonyl (C=O) groups excluding carboxylic acids is 1. The van der Waals surface area contributed by atoms with Gasteiger partial charge in [-0.15, -0.1) is 0 Å². The zero-order valence-electron chi connectivity index (χ0n) is 5.18. The minimum Gasteiger partial charge on any atom is -0.347 e. The molecular weight excluding hydrogens is 142 g/mol. The topological polar surface area (TPSA) is 55.1 Å². The highest BCUT2D eigenvalue weighted by Gasteiger charge is 2.36. The van der Waals surface area contributed by atoms with Crippen LogP contribution in [0, 0.1) is 0 Å². The maximum atomic E-state index is 11.5. The summed E-state index contributed by atoms with van der Waals surface area (Å²) in [6.07, 6.45) is -2.31. The van der Waals surface area contributed by atoms with Crippen LogP contribution in [0.2, 0.25) is 0 Å². The Morgan fingerprint density at radius 3 is 2.50 bits per heavy atom. The van der Waals surface area contributed by atoms with Crippen LogP contribution in [-0.4, -0.2) is 24.4 Å². The van der Waals surface area contributed by atoms with Crippen LogP contribution < -0.4 is 11.1 Å². The van der Waals surface area contributed by atoms with Crippen LogP contribution >= 0.6 is 0 Å². The van der Waals surface area contributed by atoms with Crippen LogP contribution in [0.4, 0.5) is 8.78 Å². The first kappa shape index (κ1) is 7.40. The normalized spacial score (nSPS) is 30.4. The molecular formula is C5H8F2N2O. The Kier molecular flexibility index (Phi) is 1.85. The first-order valence-corrected chi connectivity index (χ1v) is 2.95. The van der Waals surface area contributed by atoms with Gasteiger partial charge in [-0.1, -0.05) is 0 Å². The van der Waals surface area contributed by atoms with Gasteiger partial charge >= 0.3 is 6.43 Å². The molecule has 1 saturated carbocycles. The van der Waals surface area contributed by atoms with Gasteiger partial charge in [0, 0.05) is 12.1 Å². The van der Waals surface area contributed by atoms with Crippen molar-refractivity contribution in [3.05, 3.63) is 0 Å². The molecule has 0 aromatic heterocycles. The van der Waals surface area contributed by atoms with E-state index < -0.39 is 12.3 Å². The van der Waals surface area contributed by atoms with Crippen LogP contribution in [-0.2, 0) is 4.79 Å². The summed E-state index contributed by atoms with van der Waals surface area (Å²) in [6.45, 7) is 0. The molecule has 10 heavy (non-hydrogen) atoms. The van der Waals surface area contributed by atoms with Gasteiger partial charge in [0.25, 0.3) is 5.91 Å². The third-order valence-electron chi connectivity index (χ3n) is 1.37. The Balaban J connectivity index is 2.20. The summed E-state index contributed by atoms with van der Waals surface area (Å²) in [6, 6.07) is -0.343. The smallest absolute Gasteiger partial charge is 0.315 e. The Morgan fingerprint density at radius 1 is 1.70 bits per heavy atom. The van der Waals surface area contributed by atoms with Gasteiger partial charge in [-0.3, -0.25) is 4.79 Å². The fraction of sp³-hybridized carbons (Fsp3) is 0.800. The van der Waals surface area contributed by atoms with E-state index in [1.165, 1.54) is 0 Å². The standard InChI is InChI=1S/C5H8F2N2O/c6-4(7)5(10)9-3-1-2(3)8/h2-4H,1,8H2,(H,9,10). The average Bonchev–Trinajstić information content (AvgIpc) is 2.46. The van der Waals surface area contributed by atoms with Crippen LogP contribution in [0.3, 0.4) is 0 Å². The maximum absolute atomic E-state index is 11.5. The average molecular weight is 150 g/mol. The van der Waals surface area contributed by atoms with Crippen LogP contribution in [0.25, 0.3) is 0 Å².